The fourth-order valence-electron chi connectivity index (χ4n) is 6.17. The number of nitrogens with one attached hydrogen (secondary N) is 2. The van der Waals surface area contributed by atoms with Gasteiger partial charge in [-0.2, -0.15) is 0 Å². The molecule has 0 aliphatic heterocycles. The van der Waals surface area contributed by atoms with Crippen molar-refractivity contribution in [2.45, 2.75) is 64.7 Å². The normalized spacial score (nSPS) is 33.5. The number of hydrogen-bond acceptors (Lipinski definition) is 5. The van der Waals surface area contributed by atoms with Crippen LogP contribution in [-0.2, 0) is 16.1 Å². The molecule has 2 amide bonds. The summed E-state index contributed by atoms with van der Waals surface area (Å²) in [5, 5.41) is 27.0. The Kier molecular flexibility index (Phi) is 8.19. The monoisotopic (exact) mass is 458 g/mol. The Bertz CT molecular complexity index is 831. The molecule has 2 aliphatic rings. The van der Waals surface area contributed by atoms with Gasteiger partial charge >= 0.3 is 6.09 Å². The standard InChI is InChI=1S/C26H38N2O5/c1-4-14-27-24(32)33-22-12-13-25(2)19(20(30)10-11-21(25)26(22,3)17-29)15-23(31)28-16-18-8-6-5-7-9-18/h4-9,19-22,29-30H,1,10-17H2,2-3H3,(H,27,32)(H,28,31)/t19-,20-,21-,22-,25+,26+/m1/s1. The second-order valence-corrected chi connectivity index (χ2v) is 10.0. The largest absolute Gasteiger partial charge is 0.446 e. The number of aliphatic hydroxyl groups is 2. The maximum absolute atomic E-state index is 12.8. The van der Waals surface area contributed by atoms with Gasteiger partial charge in [0.25, 0.3) is 0 Å². The lowest BCUT2D eigenvalue weighted by atomic mass is 9.46. The lowest BCUT2D eigenvalue weighted by Gasteiger charge is -2.60. The zero-order valence-electron chi connectivity index (χ0n) is 19.8. The number of carbonyl (C=O) groups excluding carboxylic acids is 2. The van der Waals surface area contributed by atoms with Gasteiger partial charge in [-0.1, -0.05) is 50.3 Å². The highest BCUT2D eigenvalue weighted by Crippen LogP contribution is 2.61. The summed E-state index contributed by atoms with van der Waals surface area (Å²) in [5.41, 5.74) is 0.0214. The number of fused-ring (bicyclic) bond motifs is 1. The van der Waals surface area contributed by atoms with Crippen molar-refractivity contribution in [3.05, 3.63) is 48.6 Å². The summed E-state index contributed by atoms with van der Waals surface area (Å²) in [5.74, 6) is -0.303. The molecule has 4 N–H and O–H groups in total. The van der Waals surface area contributed by atoms with Crippen LogP contribution in [0.25, 0.3) is 0 Å². The number of amides is 2. The van der Waals surface area contributed by atoms with Gasteiger partial charge in [0, 0.05) is 24.9 Å². The lowest BCUT2D eigenvalue weighted by molar-refractivity contribution is -0.185. The summed E-state index contributed by atoms with van der Waals surface area (Å²) in [6.07, 6.45) is 2.83. The zero-order valence-corrected chi connectivity index (χ0v) is 19.8. The molecule has 0 heterocycles. The predicted octanol–water partition coefficient (Wildman–Crippen LogP) is 3.16. The summed E-state index contributed by atoms with van der Waals surface area (Å²) in [4.78, 5) is 25.0. The number of carbonyl (C=O) groups is 2. The fraction of sp³-hybridized carbons (Fsp3) is 0.615. The highest BCUT2D eigenvalue weighted by atomic mass is 16.6. The molecule has 0 unspecified atom stereocenters. The van der Waals surface area contributed by atoms with Gasteiger partial charge < -0.3 is 25.6 Å². The molecule has 0 saturated heterocycles. The zero-order chi connectivity index (χ0) is 24.1. The van der Waals surface area contributed by atoms with Crippen molar-refractivity contribution in [2.24, 2.45) is 22.7 Å². The summed E-state index contributed by atoms with van der Waals surface area (Å²) in [6.45, 7) is 8.31. The van der Waals surface area contributed by atoms with E-state index in [1.165, 1.54) is 0 Å². The molecule has 0 spiro atoms. The van der Waals surface area contributed by atoms with Crippen LogP contribution in [0.15, 0.2) is 43.0 Å². The molecule has 0 aromatic heterocycles. The van der Waals surface area contributed by atoms with Crippen LogP contribution in [0.2, 0.25) is 0 Å². The molecular weight excluding hydrogens is 420 g/mol. The predicted molar refractivity (Wildman–Crippen MR) is 126 cm³/mol. The molecule has 3 rings (SSSR count). The first kappa shape index (κ1) is 25.2. The Morgan fingerprint density at radius 3 is 2.58 bits per heavy atom. The molecule has 7 nitrogen and oxygen atoms in total. The third kappa shape index (κ3) is 5.41. The SMILES string of the molecule is C=CCNC(=O)O[C@@H]1CC[C@]2(C)[C@@H](CC[C@@H](O)[C@H]2CC(=O)NCc2ccccc2)[C@]1(C)CO. The molecule has 7 heteroatoms. The first-order valence-corrected chi connectivity index (χ1v) is 11.9. The van der Waals surface area contributed by atoms with Crippen LogP contribution >= 0.6 is 0 Å². The van der Waals surface area contributed by atoms with Crippen LogP contribution in [0.4, 0.5) is 4.79 Å². The van der Waals surface area contributed by atoms with Crippen molar-refractivity contribution in [3.8, 4) is 0 Å². The van der Waals surface area contributed by atoms with E-state index in [9.17, 15) is 19.8 Å². The van der Waals surface area contributed by atoms with Crippen LogP contribution in [0.1, 0.15) is 51.5 Å². The molecule has 1 aromatic carbocycles. The molecule has 2 aliphatic carbocycles. The Balaban J connectivity index is 1.72. The van der Waals surface area contributed by atoms with E-state index >= 15 is 0 Å². The fourth-order valence-corrected chi connectivity index (χ4v) is 6.17. The molecule has 0 bridgehead atoms. The van der Waals surface area contributed by atoms with E-state index < -0.39 is 23.7 Å². The maximum Gasteiger partial charge on any atom is 0.407 e. The number of rotatable bonds is 8. The third-order valence-corrected chi connectivity index (χ3v) is 8.05. The van der Waals surface area contributed by atoms with Gasteiger partial charge in [0.1, 0.15) is 6.10 Å². The first-order chi connectivity index (χ1) is 15.7. The first-order valence-electron chi connectivity index (χ1n) is 11.9. The topological polar surface area (TPSA) is 108 Å². The van der Waals surface area contributed by atoms with Crippen molar-refractivity contribution in [3.63, 3.8) is 0 Å². The second kappa shape index (κ2) is 10.7. The smallest absolute Gasteiger partial charge is 0.407 e. The van der Waals surface area contributed by atoms with Crippen LogP contribution in [0.3, 0.4) is 0 Å². The van der Waals surface area contributed by atoms with Gasteiger partial charge in [-0.05, 0) is 48.5 Å². The van der Waals surface area contributed by atoms with Gasteiger partial charge in [-0.15, -0.1) is 6.58 Å². The number of ether oxygens (including phenoxy) is 1. The van der Waals surface area contributed by atoms with Crippen molar-refractivity contribution < 1.29 is 24.5 Å². The average Bonchev–Trinajstić information content (AvgIpc) is 2.81. The van der Waals surface area contributed by atoms with Crippen LogP contribution in [-0.4, -0.2) is 47.6 Å². The number of hydrogen-bond donors (Lipinski definition) is 4. The Morgan fingerprint density at radius 1 is 1.18 bits per heavy atom. The van der Waals surface area contributed by atoms with E-state index in [1.807, 2.05) is 37.3 Å². The average molecular weight is 459 g/mol. The molecule has 33 heavy (non-hydrogen) atoms. The third-order valence-electron chi connectivity index (χ3n) is 8.05. The number of alkyl carbamates (subject to hydrolysis) is 1. The molecule has 2 saturated carbocycles. The van der Waals surface area contributed by atoms with Crippen molar-refractivity contribution in [1.29, 1.82) is 0 Å². The van der Waals surface area contributed by atoms with Gasteiger partial charge in [-0.25, -0.2) is 4.79 Å². The van der Waals surface area contributed by atoms with Gasteiger partial charge in [0.2, 0.25) is 5.91 Å². The molecule has 6 atom stereocenters. The molecule has 2 fully saturated rings. The highest BCUT2D eigenvalue weighted by molar-refractivity contribution is 5.76. The van der Waals surface area contributed by atoms with E-state index in [0.29, 0.717) is 38.8 Å². The van der Waals surface area contributed by atoms with Gasteiger partial charge in [0.05, 0.1) is 12.7 Å². The van der Waals surface area contributed by atoms with Gasteiger partial charge in [-0.3, -0.25) is 4.79 Å². The molecule has 0 radical (unpaired) electrons. The van der Waals surface area contributed by atoms with Crippen molar-refractivity contribution in [2.75, 3.05) is 13.2 Å². The van der Waals surface area contributed by atoms with E-state index in [2.05, 4.69) is 24.1 Å². The summed E-state index contributed by atoms with van der Waals surface area (Å²) >= 11 is 0. The Morgan fingerprint density at radius 2 is 1.91 bits per heavy atom. The maximum atomic E-state index is 12.8. The summed E-state index contributed by atoms with van der Waals surface area (Å²) in [6, 6.07) is 9.74. The Hall–Kier alpha value is -2.38. The van der Waals surface area contributed by atoms with Crippen molar-refractivity contribution >= 4 is 12.0 Å². The van der Waals surface area contributed by atoms with Crippen LogP contribution in [0.5, 0.6) is 0 Å². The molecular formula is C26H38N2O5. The minimum atomic E-state index is -0.655. The van der Waals surface area contributed by atoms with E-state index in [4.69, 9.17) is 4.74 Å². The van der Waals surface area contributed by atoms with Crippen LogP contribution in [0, 0.1) is 22.7 Å². The summed E-state index contributed by atoms with van der Waals surface area (Å²) in [7, 11) is 0. The summed E-state index contributed by atoms with van der Waals surface area (Å²) < 4.78 is 5.73. The van der Waals surface area contributed by atoms with Crippen LogP contribution < -0.4 is 10.6 Å². The van der Waals surface area contributed by atoms with E-state index in [1.54, 1.807) is 6.08 Å². The second-order valence-electron chi connectivity index (χ2n) is 10.0. The number of benzene rings is 1. The highest BCUT2D eigenvalue weighted by Gasteiger charge is 2.60. The van der Waals surface area contributed by atoms with Crippen molar-refractivity contribution in [1.82, 2.24) is 10.6 Å². The Labute approximate surface area is 196 Å². The number of aliphatic hydroxyl groups excluding tert-OH is 2. The van der Waals surface area contributed by atoms with E-state index in [-0.39, 0.29) is 36.2 Å². The lowest BCUT2D eigenvalue weighted by Crippen LogP contribution is -2.61. The molecule has 182 valence electrons. The quantitative estimate of drug-likeness (QED) is 0.448. The minimum Gasteiger partial charge on any atom is -0.446 e. The molecule has 1 aromatic rings. The van der Waals surface area contributed by atoms with Gasteiger partial charge in [0.15, 0.2) is 0 Å². The minimum absolute atomic E-state index is 0.0104. The van der Waals surface area contributed by atoms with E-state index in [0.717, 1.165) is 5.56 Å².